The normalized spacial score (nSPS) is 7.33. The first-order valence-corrected chi connectivity index (χ1v) is 12.5. The Kier molecular flexibility index (Phi) is 38.9. The topological polar surface area (TPSA) is 80.9 Å². The van der Waals surface area contributed by atoms with Crippen molar-refractivity contribution in [1.29, 1.82) is 0 Å². The van der Waals surface area contributed by atoms with Crippen LogP contribution in [0.2, 0.25) is 0 Å². The van der Waals surface area contributed by atoms with Crippen LogP contribution in [0, 0.1) is 0 Å². The van der Waals surface area contributed by atoms with Crippen LogP contribution < -0.4 is 0 Å². The van der Waals surface area contributed by atoms with Crippen LogP contribution in [0.3, 0.4) is 0 Å². The van der Waals surface area contributed by atoms with Gasteiger partial charge in [-0.2, -0.15) is 0 Å². The quantitative estimate of drug-likeness (QED) is 0.195. The molecule has 0 saturated heterocycles. The van der Waals surface area contributed by atoms with E-state index < -0.39 is 0 Å². The fourth-order valence-corrected chi connectivity index (χ4v) is 1.71. The average Bonchev–Trinajstić information content (AvgIpc) is 2.96. The van der Waals surface area contributed by atoms with Gasteiger partial charge in [-0.3, -0.25) is 0 Å². The number of aromatic hydroxyl groups is 4. The second kappa shape index (κ2) is 35.7. The van der Waals surface area contributed by atoms with Crippen molar-refractivity contribution in [2.24, 2.45) is 0 Å². The van der Waals surface area contributed by atoms with E-state index in [0.717, 1.165) is 0 Å². The van der Waals surface area contributed by atoms with Gasteiger partial charge in [0.1, 0.15) is 23.0 Å². The molecule has 0 spiro atoms. The summed E-state index contributed by atoms with van der Waals surface area (Å²) in [5, 5.41) is 34.5. The third-order valence-corrected chi connectivity index (χ3v) is 3.02. The molecule has 0 aliphatic rings. The Morgan fingerprint density at radius 1 is 0.250 bits per heavy atom. The molecule has 4 N–H and O–H groups in total. The molecule has 0 fully saturated rings. The van der Waals surface area contributed by atoms with Crippen LogP contribution >= 0.6 is 0 Å². The molecule has 0 aliphatic carbocycles. The summed E-state index contributed by atoms with van der Waals surface area (Å²) in [7, 11) is 0. The van der Waals surface area contributed by atoms with E-state index >= 15 is 0 Å². The predicted octanol–water partition coefficient (Wildman–Crippen LogP) is 9.67. The lowest BCUT2D eigenvalue weighted by atomic mass is 10.3. The van der Waals surface area contributed by atoms with Gasteiger partial charge in [-0.05, 0) is 48.5 Å². The molecule has 4 heteroatoms. The summed E-state index contributed by atoms with van der Waals surface area (Å²) in [5.41, 5.74) is 0. The molecule has 0 aliphatic heterocycles. The van der Waals surface area contributed by atoms with E-state index in [-0.39, 0.29) is 0 Å². The van der Waals surface area contributed by atoms with Gasteiger partial charge in [-0.15, -0.1) is 0 Å². The zero-order valence-electron chi connectivity index (χ0n) is 23.3. The average molecular weight is 497 g/mol. The van der Waals surface area contributed by atoms with Gasteiger partial charge in [0, 0.05) is 0 Å². The molecule has 0 unspecified atom stereocenters. The van der Waals surface area contributed by atoms with E-state index in [1.54, 1.807) is 97.1 Å². The highest BCUT2D eigenvalue weighted by molar-refractivity contribution is 5.20. The molecule has 4 aromatic rings. The minimum absolute atomic E-state index is 0.322. The lowest BCUT2D eigenvalue weighted by molar-refractivity contribution is 0.475. The Bertz CT molecular complexity index is 688. The van der Waals surface area contributed by atoms with Crippen molar-refractivity contribution in [1.82, 2.24) is 0 Å². The van der Waals surface area contributed by atoms with Gasteiger partial charge in [0.25, 0.3) is 0 Å². The summed E-state index contributed by atoms with van der Waals surface area (Å²) < 4.78 is 0. The fraction of sp³-hybridized carbons (Fsp3) is 0.250. The lowest BCUT2D eigenvalue weighted by Gasteiger charge is -1.82. The minimum atomic E-state index is 0.322. The minimum Gasteiger partial charge on any atom is -0.508 e. The van der Waals surface area contributed by atoms with Gasteiger partial charge >= 0.3 is 0 Å². The van der Waals surface area contributed by atoms with Crippen LogP contribution in [0.4, 0.5) is 0 Å². The van der Waals surface area contributed by atoms with E-state index in [1.165, 1.54) is 0 Å². The van der Waals surface area contributed by atoms with Crippen molar-refractivity contribution >= 4 is 0 Å². The monoisotopic (exact) mass is 496 g/mol. The second-order valence-electron chi connectivity index (χ2n) is 5.34. The van der Waals surface area contributed by atoms with Gasteiger partial charge in [0.15, 0.2) is 0 Å². The number of benzene rings is 4. The van der Waals surface area contributed by atoms with Crippen molar-refractivity contribution in [2.75, 3.05) is 0 Å². The molecule has 0 saturated carbocycles. The molecule has 0 radical (unpaired) electrons. The van der Waals surface area contributed by atoms with E-state index in [4.69, 9.17) is 20.4 Å². The number of phenols is 4. The zero-order valence-corrected chi connectivity index (χ0v) is 23.3. The number of rotatable bonds is 0. The fourth-order valence-electron chi connectivity index (χ4n) is 1.71. The first kappa shape index (κ1) is 39.3. The SMILES string of the molecule is CC.CC.CC.CC.Oc1ccccc1.Oc1ccccc1.Oc1ccccc1.Oc1ccccc1. The van der Waals surface area contributed by atoms with Crippen molar-refractivity contribution in [3.05, 3.63) is 121 Å². The zero-order chi connectivity index (χ0) is 28.5. The van der Waals surface area contributed by atoms with Crippen molar-refractivity contribution in [3.63, 3.8) is 0 Å². The maximum Gasteiger partial charge on any atom is 0.115 e. The molecular weight excluding hydrogens is 448 g/mol. The Morgan fingerprint density at radius 3 is 0.417 bits per heavy atom. The molecule has 200 valence electrons. The van der Waals surface area contributed by atoms with E-state index in [9.17, 15) is 0 Å². The maximum absolute atomic E-state index is 8.63. The summed E-state index contributed by atoms with van der Waals surface area (Å²) in [4.78, 5) is 0. The highest BCUT2D eigenvalue weighted by atomic mass is 16.3. The molecular formula is C32H48O4. The van der Waals surface area contributed by atoms with Crippen molar-refractivity contribution < 1.29 is 20.4 Å². The van der Waals surface area contributed by atoms with E-state index in [0.29, 0.717) is 23.0 Å². The molecule has 36 heavy (non-hydrogen) atoms. The molecule has 0 amide bonds. The highest BCUT2D eigenvalue weighted by Crippen LogP contribution is 2.04. The summed E-state index contributed by atoms with van der Waals surface area (Å²) in [6, 6.07) is 34.9. The number of hydrogen-bond donors (Lipinski definition) is 4. The van der Waals surface area contributed by atoms with Crippen LogP contribution in [-0.2, 0) is 0 Å². The summed E-state index contributed by atoms with van der Waals surface area (Å²) in [6.45, 7) is 16.0. The maximum atomic E-state index is 8.63. The molecule has 0 atom stereocenters. The van der Waals surface area contributed by atoms with Gasteiger partial charge < -0.3 is 20.4 Å². The van der Waals surface area contributed by atoms with Crippen molar-refractivity contribution in [2.45, 2.75) is 55.4 Å². The van der Waals surface area contributed by atoms with Crippen molar-refractivity contribution in [3.8, 4) is 23.0 Å². The third-order valence-electron chi connectivity index (χ3n) is 3.02. The molecule has 0 bridgehead atoms. The summed E-state index contributed by atoms with van der Waals surface area (Å²) in [5.74, 6) is 1.29. The first-order chi connectivity index (χ1) is 17.6. The Labute approximate surface area is 220 Å². The van der Waals surface area contributed by atoms with Crippen LogP contribution in [0.25, 0.3) is 0 Å². The van der Waals surface area contributed by atoms with E-state index in [2.05, 4.69) is 0 Å². The molecule has 4 rings (SSSR count). The number of phenolic OH excluding ortho intramolecular Hbond substituents is 4. The van der Waals surface area contributed by atoms with Gasteiger partial charge in [-0.1, -0.05) is 128 Å². The molecule has 0 aromatic heterocycles. The summed E-state index contributed by atoms with van der Waals surface area (Å²) in [6.07, 6.45) is 0. The van der Waals surface area contributed by atoms with Gasteiger partial charge in [0.2, 0.25) is 0 Å². The van der Waals surface area contributed by atoms with E-state index in [1.807, 2.05) is 79.7 Å². The molecule has 4 nitrogen and oxygen atoms in total. The Balaban J connectivity index is -0.000000173. The third kappa shape index (κ3) is 32.3. The first-order valence-electron chi connectivity index (χ1n) is 12.5. The van der Waals surface area contributed by atoms with Crippen LogP contribution in [-0.4, -0.2) is 20.4 Å². The molecule has 4 aromatic carbocycles. The second-order valence-corrected chi connectivity index (χ2v) is 5.34. The lowest BCUT2D eigenvalue weighted by Crippen LogP contribution is -1.56. The molecule has 0 heterocycles. The van der Waals surface area contributed by atoms with Gasteiger partial charge in [-0.25, -0.2) is 0 Å². The largest absolute Gasteiger partial charge is 0.508 e. The Hall–Kier alpha value is -3.92. The van der Waals surface area contributed by atoms with Crippen LogP contribution in [0.15, 0.2) is 121 Å². The smallest absolute Gasteiger partial charge is 0.115 e. The number of hydrogen-bond acceptors (Lipinski definition) is 4. The summed E-state index contributed by atoms with van der Waals surface area (Å²) >= 11 is 0. The van der Waals surface area contributed by atoms with Gasteiger partial charge in [0.05, 0.1) is 0 Å². The Morgan fingerprint density at radius 2 is 0.361 bits per heavy atom. The highest BCUT2D eigenvalue weighted by Gasteiger charge is 1.76. The standard InChI is InChI=1S/4C6H6O.4C2H6/c4*7-6-4-2-1-3-5-6;4*1-2/h4*1-5,7H;4*1-2H3. The van der Waals surface area contributed by atoms with Crippen LogP contribution in [0.5, 0.6) is 23.0 Å². The number of para-hydroxylation sites is 4. The van der Waals surface area contributed by atoms with Crippen LogP contribution in [0.1, 0.15) is 55.4 Å². The predicted molar refractivity (Wildman–Crippen MR) is 158 cm³/mol.